The first-order valence-corrected chi connectivity index (χ1v) is 10.2. The molecule has 5 rings (SSSR count). The summed E-state index contributed by atoms with van der Waals surface area (Å²) in [5.74, 6) is -0.506. The molecule has 1 aliphatic heterocycles. The Morgan fingerprint density at radius 2 is 1.10 bits per heavy atom. The van der Waals surface area contributed by atoms with Crippen LogP contribution in [0, 0.1) is 11.6 Å². The van der Waals surface area contributed by atoms with Crippen LogP contribution < -0.4 is 5.01 Å². The van der Waals surface area contributed by atoms with Gasteiger partial charge in [0.15, 0.2) is 0 Å². The lowest BCUT2D eigenvalue weighted by molar-refractivity contribution is 0.542. The highest BCUT2D eigenvalue weighted by atomic mass is 19.1. The van der Waals surface area contributed by atoms with E-state index in [1.807, 2.05) is 24.3 Å². The van der Waals surface area contributed by atoms with Gasteiger partial charge in [0.05, 0.1) is 0 Å². The standard InChI is InChI=1S/C26H22F2N2/c27-24-9-5-19(6-10-24)26(20-7-11-25(28)12-8-20)21-13-15-29(16-14-21)30-17-22-3-1-2-4-23(22)18-30/h1-12,17-18H,13-16H2. The normalized spacial score (nSPS) is 14.3. The van der Waals surface area contributed by atoms with E-state index in [9.17, 15) is 8.78 Å². The Balaban J connectivity index is 1.47. The summed E-state index contributed by atoms with van der Waals surface area (Å²) in [6.45, 7) is 1.78. The largest absolute Gasteiger partial charge is 0.313 e. The lowest BCUT2D eigenvalue weighted by Crippen LogP contribution is -2.39. The Kier molecular flexibility index (Phi) is 4.83. The van der Waals surface area contributed by atoms with Crippen LogP contribution in [-0.4, -0.2) is 17.8 Å². The molecule has 0 aliphatic carbocycles. The molecule has 4 heteroatoms. The van der Waals surface area contributed by atoms with Crippen molar-refractivity contribution >= 4 is 16.3 Å². The van der Waals surface area contributed by atoms with E-state index in [1.165, 1.54) is 40.6 Å². The number of benzene rings is 3. The number of hydrogen-bond acceptors (Lipinski definition) is 1. The first-order chi connectivity index (χ1) is 14.7. The van der Waals surface area contributed by atoms with Crippen LogP contribution in [0.4, 0.5) is 8.78 Å². The highest BCUT2D eigenvalue weighted by Gasteiger charge is 2.19. The van der Waals surface area contributed by atoms with Gasteiger partial charge in [-0.25, -0.2) is 8.78 Å². The fourth-order valence-electron chi connectivity index (χ4n) is 4.29. The summed E-state index contributed by atoms with van der Waals surface area (Å²) in [6, 6.07) is 21.6. The molecule has 4 aromatic rings. The number of fused-ring (bicyclic) bond motifs is 1. The van der Waals surface area contributed by atoms with Crippen LogP contribution in [0.1, 0.15) is 24.0 Å². The van der Waals surface area contributed by atoms with Gasteiger partial charge in [-0.15, -0.1) is 0 Å². The quantitative estimate of drug-likeness (QED) is 0.400. The van der Waals surface area contributed by atoms with Crippen molar-refractivity contribution in [2.45, 2.75) is 12.8 Å². The number of piperidine rings is 1. The molecule has 1 aliphatic rings. The van der Waals surface area contributed by atoms with Gasteiger partial charge in [0.25, 0.3) is 0 Å². The molecular formula is C26H22F2N2. The Hall–Kier alpha value is -3.40. The molecule has 0 N–H and O–H groups in total. The number of hydrogen-bond donors (Lipinski definition) is 0. The van der Waals surface area contributed by atoms with E-state index in [4.69, 9.17) is 0 Å². The van der Waals surface area contributed by atoms with Crippen molar-refractivity contribution in [1.82, 2.24) is 4.68 Å². The van der Waals surface area contributed by atoms with E-state index in [0.29, 0.717) is 0 Å². The number of rotatable bonds is 3. The first-order valence-electron chi connectivity index (χ1n) is 10.2. The van der Waals surface area contributed by atoms with Gasteiger partial charge in [-0.2, -0.15) is 0 Å². The highest BCUT2D eigenvalue weighted by molar-refractivity contribution is 5.83. The monoisotopic (exact) mass is 400 g/mol. The maximum Gasteiger partial charge on any atom is 0.123 e. The van der Waals surface area contributed by atoms with Gasteiger partial charge in [-0.05, 0) is 53.8 Å². The molecule has 0 saturated carbocycles. The van der Waals surface area contributed by atoms with Crippen molar-refractivity contribution in [2.24, 2.45) is 0 Å². The summed E-state index contributed by atoms with van der Waals surface area (Å²) in [6.07, 6.45) is 6.15. The van der Waals surface area contributed by atoms with E-state index in [-0.39, 0.29) is 11.6 Å². The van der Waals surface area contributed by atoms with Crippen LogP contribution in [0.25, 0.3) is 16.3 Å². The molecule has 0 bridgehead atoms. The van der Waals surface area contributed by atoms with Gasteiger partial charge in [-0.3, -0.25) is 4.68 Å². The van der Waals surface area contributed by atoms with Crippen LogP contribution in [0.5, 0.6) is 0 Å². The van der Waals surface area contributed by atoms with Crippen molar-refractivity contribution in [2.75, 3.05) is 18.1 Å². The molecule has 0 unspecified atom stereocenters. The Morgan fingerprint density at radius 1 is 0.633 bits per heavy atom. The number of nitrogens with zero attached hydrogens (tertiary/aromatic N) is 2. The predicted octanol–water partition coefficient (Wildman–Crippen LogP) is 6.15. The van der Waals surface area contributed by atoms with Gasteiger partial charge in [-0.1, -0.05) is 54.1 Å². The highest BCUT2D eigenvalue weighted by Crippen LogP contribution is 2.32. The summed E-state index contributed by atoms with van der Waals surface area (Å²) in [4.78, 5) is 0. The van der Waals surface area contributed by atoms with E-state index < -0.39 is 0 Å². The van der Waals surface area contributed by atoms with Gasteiger partial charge < -0.3 is 5.01 Å². The van der Waals surface area contributed by atoms with Gasteiger partial charge in [0, 0.05) is 36.3 Å². The Morgan fingerprint density at radius 3 is 1.57 bits per heavy atom. The predicted molar refractivity (Wildman–Crippen MR) is 118 cm³/mol. The summed E-state index contributed by atoms with van der Waals surface area (Å²) >= 11 is 0. The second-order valence-electron chi connectivity index (χ2n) is 7.71. The second kappa shape index (κ2) is 7.79. The van der Waals surface area contributed by atoms with E-state index >= 15 is 0 Å². The average molecular weight is 400 g/mol. The lowest BCUT2D eigenvalue weighted by Gasteiger charge is -2.32. The van der Waals surface area contributed by atoms with Crippen molar-refractivity contribution in [3.63, 3.8) is 0 Å². The zero-order valence-electron chi connectivity index (χ0n) is 16.6. The first kappa shape index (κ1) is 18.6. The molecule has 2 heterocycles. The molecule has 0 atom stereocenters. The number of aromatic nitrogens is 1. The number of halogens is 2. The van der Waals surface area contributed by atoms with Crippen LogP contribution in [0.3, 0.4) is 0 Å². The fourth-order valence-corrected chi connectivity index (χ4v) is 4.29. The SMILES string of the molecule is Fc1ccc(C(=C2CCN(n3cc4ccccc4c3)CC2)c2ccc(F)cc2)cc1. The minimum atomic E-state index is -0.253. The zero-order valence-corrected chi connectivity index (χ0v) is 16.6. The van der Waals surface area contributed by atoms with Crippen LogP contribution >= 0.6 is 0 Å². The molecule has 1 aromatic heterocycles. The molecule has 3 aromatic carbocycles. The lowest BCUT2D eigenvalue weighted by atomic mass is 9.88. The summed E-state index contributed by atoms with van der Waals surface area (Å²) in [5, 5.41) is 4.81. The van der Waals surface area contributed by atoms with Crippen molar-refractivity contribution in [1.29, 1.82) is 0 Å². The topological polar surface area (TPSA) is 8.17 Å². The molecule has 1 fully saturated rings. The summed E-state index contributed by atoms with van der Waals surface area (Å²) < 4.78 is 29.2. The molecule has 0 radical (unpaired) electrons. The minimum Gasteiger partial charge on any atom is -0.313 e. The second-order valence-corrected chi connectivity index (χ2v) is 7.71. The maximum absolute atomic E-state index is 13.5. The van der Waals surface area contributed by atoms with Crippen LogP contribution in [0.2, 0.25) is 0 Å². The average Bonchev–Trinajstić information content (AvgIpc) is 3.21. The maximum atomic E-state index is 13.5. The third-order valence-electron chi connectivity index (χ3n) is 5.83. The third kappa shape index (κ3) is 3.61. The van der Waals surface area contributed by atoms with E-state index in [1.54, 1.807) is 0 Å². The molecule has 150 valence electrons. The molecule has 1 saturated heterocycles. The molecule has 2 nitrogen and oxygen atoms in total. The molecule has 0 spiro atoms. The van der Waals surface area contributed by atoms with E-state index in [2.05, 4.69) is 46.3 Å². The molecular weight excluding hydrogens is 378 g/mol. The third-order valence-corrected chi connectivity index (χ3v) is 5.83. The van der Waals surface area contributed by atoms with Crippen molar-refractivity contribution < 1.29 is 8.78 Å². The Labute approximate surface area is 174 Å². The van der Waals surface area contributed by atoms with Crippen molar-refractivity contribution in [3.8, 4) is 0 Å². The fraction of sp³-hybridized carbons (Fsp3) is 0.154. The molecule has 0 amide bonds. The van der Waals surface area contributed by atoms with Gasteiger partial charge in [0.1, 0.15) is 11.6 Å². The summed E-state index contributed by atoms with van der Waals surface area (Å²) in [5.41, 5.74) is 4.35. The zero-order chi connectivity index (χ0) is 20.5. The van der Waals surface area contributed by atoms with Gasteiger partial charge in [0.2, 0.25) is 0 Å². The minimum absolute atomic E-state index is 0.253. The van der Waals surface area contributed by atoms with E-state index in [0.717, 1.165) is 42.6 Å². The van der Waals surface area contributed by atoms with Crippen LogP contribution in [0.15, 0.2) is 90.8 Å². The smallest absolute Gasteiger partial charge is 0.123 e. The van der Waals surface area contributed by atoms with Gasteiger partial charge >= 0.3 is 0 Å². The Bertz CT molecular complexity index is 1110. The summed E-state index contributed by atoms with van der Waals surface area (Å²) in [7, 11) is 0. The van der Waals surface area contributed by atoms with Crippen molar-refractivity contribution in [3.05, 3.63) is 114 Å². The van der Waals surface area contributed by atoms with Crippen LogP contribution in [-0.2, 0) is 0 Å². The molecule has 30 heavy (non-hydrogen) atoms.